The maximum absolute atomic E-state index is 13.0. The van der Waals surface area contributed by atoms with Crippen LogP contribution in [-0.2, 0) is 19.3 Å². The van der Waals surface area contributed by atoms with Crippen LogP contribution in [0, 0.1) is 13.8 Å². The molecule has 1 aromatic heterocycles. The van der Waals surface area contributed by atoms with Crippen molar-refractivity contribution in [3.8, 4) is 0 Å². The molecule has 4 heteroatoms. The fourth-order valence-corrected chi connectivity index (χ4v) is 3.68. The fraction of sp³-hybridized carbons (Fsp3) is 0.429. The van der Waals surface area contributed by atoms with Crippen molar-refractivity contribution in [3.05, 3.63) is 56.9 Å². The van der Waals surface area contributed by atoms with Crippen LogP contribution in [0.25, 0.3) is 0 Å². The molecule has 134 valence electrons. The highest BCUT2D eigenvalue weighted by Gasteiger charge is 2.21. The average Bonchev–Trinajstić information content (AvgIpc) is 2.58. The monoisotopic (exact) mass is 358 g/mol. The van der Waals surface area contributed by atoms with Gasteiger partial charge in [-0.15, -0.1) is 0 Å². The van der Waals surface area contributed by atoms with Gasteiger partial charge in [-0.2, -0.15) is 0 Å². The first-order valence-electron chi connectivity index (χ1n) is 9.02. The van der Waals surface area contributed by atoms with Gasteiger partial charge in [0.1, 0.15) is 0 Å². The molecule has 0 spiro atoms. The minimum Gasteiger partial charge on any atom is -0.321 e. The number of carbonyl (C=O) groups excluding carboxylic acids is 1. The van der Waals surface area contributed by atoms with Gasteiger partial charge in [0, 0.05) is 11.4 Å². The van der Waals surface area contributed by atoms with Crippen LogP contribution in [-0.4, -0.2) is 10.9 Å². The number of carbonyl (C=O) groups is 1. The Morgan fingerprint density at radius 1 is 1.08 bits per heavy atom. The Bertz CT molecular complexity index is 762. The highest BCUT2D eigenvalue weighted by atomic mass is 35.5. The van der Waals surface area contributed by atoms with Crippen molar-refractivity contribution in [2.75, 3.05) is 5.32 Å². The normalized spacial score (nSPS) is 10.8. The molecule has 2 rings (SSSR count). The molecule has 0 aliphatic heterocycles. The zero-order valence-corrected chi connectivity index (χ0v) is 16.5. The third kappa shape index (κ3) is 4.04. The number of para-hydroxylation sites is 1. The number of aromatic nitrogens is 1. The van der Waals surface area contributed by atoms with Crippen molar-refractivity contribution in [3.63, 3.8) is 0 Å². The van der Waals surface area contributed by atoms with Gasteiger partial charge in [-0.3, -0.25) is 9.78 Å². The summed E-state index contributed by atoms with van der Waals surface area (Å²) in [6.45, 7) is 10.1. The molecule has 0 saturated heterocycles. The van der Waals surface area contributed by atoms with Crippen LogP contribution in [0.5, 0.6) is 0 Å². The molecule has 0 saturated carbocycles. The Morgan fingerprint density at radius 2 is 1.68 bits per heavy atom. The summed E-state index contributed by atoms with van der Waals surface area (Å²) in [6, 6.07) is 6.15. The first kappa shape index (κ1) is 19.5. The maximum Gasteiger partial charge on any atom is 0.259 e. The van der Waals surface area contributed by atoms with Gasteiger partial charge < -0.3 is 5.32 Å². The first-order valence-corrected chi connectivity index (χ1v) is 9.39. The molecule has 1 N–H and O–H groups in total. The highest BCUT2D eigenvalue weighted by molar-refractivity contribution is 6.35. The molecule has 0 aliphatic carbocycles. The lowest BCUT2D eigenvalue weighted by molar-refractivity contribution is 0.102. The number of pyridine rings is 1. The molecule has 0 aliphatic rings. The van der Waals surface area contributed by atoms with Crippen molar-refractivity contribution in [2.45, 2.75) is 60.3 Å². The Labute approximate surface area is 155 Å². The van der Waals surface area contributed by atoms with Crippen LogP contribution in [0.4, 0.5) is 5.69 Å². The minimum atomic E-state index is -0.178. The second-order valence-corrected chi connectivity index (χ2v) is 6.69. The predicted molar refractivity (Wildman–Crippen MR) is 106 cm³/mol. The number of rotatable bonds is 6. The van der Waals surface area contributed by atoms with Gasteiger partial charge in [0.05, 0.1) is 16.3 Å². The smallest absolute Gasteiger partial charge is 0.259 e. The lowest BCUT2D eigenvalue weighted by Crippen LogP contribution is -2.18. The number of halogens is 1. The van der Waals surface area contributed by atoms with Crippen LogP contribution in [0.3, 0.4) is 0 Å². The molecule has 2 aromatic rings. The van der Waals surface area contributed by atoms with Crippen LogP contribution in [0.2, 0.25) is 5.02 Å². The van der Waals surface area contributed by atoms with E-state index in [2.05, 4.69) is 43.2 Å². The van der Waals surface area contributed by atoms with Gasteiger partial charge in [-0.1, -0.05) is 57.0 Å². The fourth-order valence-electron chi connectivity index (χ4n) is 3.23. The standard InChI is InChI=1S/C21H27ClN2O/c1-6-10-17-13(4)23-14(5)18(19(17)22)21(25)24-20-15(7-2)11-9-12-16(20)8-3/h9,11-12H,6-8,10H2,1-5H3,(H,24,25). The second kappa shape index (κ2) is 8.48. The van der Waals surface area contributed by atoms with E-state index in [0.29, 0.717) is 16.3 Å². The molecule has 1 aromatic carbocycles. The molecule has 0 bridgehead atoms. The average molecular weight is 359 g/mol. The Balaban J connectivity index is 2.48. The van der Waals surface area contributed by atoms with E-state index in [-0.39, 0.29) is 5.91 Å². The molecule has 1 amide bonds. The molecule has 0 atom stereocenters. The number of nitrogens with one attached hydrogen (secondary N) is 1. The Kier molecular flexibility index (Phi) is 6.60. The number of nitrogens with zero attached hydrogens (tertiary/aromatic N) is 1. The van der Waals surface area contributed by atoms with Crippen molar-refractivity contribution in [1.82, 2.24) is 4.98 Å². The number of hydrogen-bond acceptors (Lipinski definition) is 2. The van der Waals surface area contributed by atoms with E-state index in [1.807, 2.05) is 19.9 Å². The van der Waals surface area contributed by atoms with Crippen LogP contribution in [0.1, 0.15) is 65.6 Å². The van der Waals surface area contributed by atoms with Crippen LogP contribution in [0.15, 0.2) is 18.2 Å². The number of hydrogen-bond donors (Lipinski definition) is 1. The van der Waals surface area contributed by atoms with E-state index in [0.717, 1.165) is 53.8 Å². The van der Waals surface area contributed by atoms with Gasteiger partial charge in [-0.25, -0.2) is 0 Å². The van der Waals surface area contributed by atoms with Gasteiger partial charge in [0.15, 0.2) is 0 Å². The molecule has 25 heavy (non-hydrogen) atoms. The van der Waals surface area contributed by atoms with Crippen molar-refractivity contribution in [1.29, 1.82) is 0 Å². The molecular weight excluding hydrogens is 332 g/mol. The van der Waals surface area contributed by atoms with E-state index in [9.17, 15) is 4.79 Å². The van der Waals surface area contributed by atoms with E-state index in [1.54, 1.807) is 0 Å². The lowest BCUT2D eigenvalue weighted by atomic mass is 10.0. The summed E-state index contributed by atoms with van der Waals surface area (Å²) in [6.07, 6.45) is 3.52. The zero-order chi connectivity index (χ0) is 18.6. The van der Waals surface area contributed by atoms with E-state index < -0.39 is 0 Å². The van der Waals surface area contributed by atoms with Crippen LogP contribution < -0.4 is 5.32 Å². The number of aryl methyl sites for hydroxylation is 4. The summed E-state index contributed by atoms with van der Waals surface area (Å²) in [5.41, 5.74) is 6.22. The largest absolute Gasteiger partial charge is 0.321 e. The number of benzene rings is 1. The minimum absolute atomic E-state index is 0.178. The van der Waals surface area contributed by atoms with Gasteiger partial charge in [0.25, 0.3) is 5.91 Å². The quantitative estimate of drug-likeness (QED) is 0.721. The molecule has 0 unspecified atom stereocenters. The van der Waals surface area contributed by atoms with E-state index in [1.165, 1.54) is 0 Å². The third-order valence-electron chi connectivity index (χ3n) is 4.58. The van der Waals surface area contributed by atoms with Crippen LogP contribution >= 0.6 is 11.6 Å². The van der Waals surface area contributed by atoms with Crippen molar-refractivity contribution < 1.29 is 4.79 Å². The topological polar surface area (TPSA) is 42.0 Å². The first-order chi connectivity index (χ1) is 11.9. The molecule has 0 radical (unpaired) electrons. The predicted octanol–water partition coefficient (Wildman–Crippen LogP) is 5.68. The summed E-state index contributed by atoms with van der Waals surface area (Å²) < 4.78 is 0. The summed E-state index contributed by atoms with van der Waals surface area (Å²) in [5, 5.41) is 3.64. The highest BCUT2D eigenvalue weighted by Crippen LogP contribution is 2.29. The van der Waals surface area contributed by atoms with Gasteiger partial charge in [-0.05, 0) is 49.8 Å². The Morgan fingerprint density at radius 3 is 2.20 bits per heavy atom. The van der Waals surface area contributed by atoms with Gasteiger partial charge in [0.2, 0.25) is 0 Å². The van der Waals surface area contributed by atoms with Crippen molar-refractivity contribution in [2.24, 2.45) is 0 Å². The Hall–Kier alpha value is -1.87. The third-order valence-corrected chi connectivity index (χ3v) is 5.00. The summed E-state index contributed by atoms with van der Waals surface area (Å²) >= 11 is 6.61. The zero-order valence-electron chi connectivity index (χ0n) is 15.8. The molecular formula is C21H27ClN2O. The second-order valence-electron chi connectivity index (χ2n) is 6.31. The van der Waals surface area contributed by atoms with Gasteiger partial charge >= 0.3 is 0 Å². The lowest BCUT2D eigenvalue weighted by Gasteiger charge is -2.17. The maximum atomic E-state index is 13.0. The van der Waals surface area contributed by atoms with E-state index in [4.69, 9.17) is 11.6 Å². The molecule has 3 nitrogen and oxygen atoms in total. The van der Waals surface area contributed by atoms with Crippen molar-refractivity contribution >= 4 is 23.2 Å². The SMILES string of the molecule is CCCc1c(C)nc(C)c(C(=O)Nc2c(CC)cccc2CC)c1Cl. The number of anilines is 1. The summed E-state index contributed by atoms with van der Waals surface area (Å²) in [4.78, 5) is 17.6. The summed E-state index contributed by atoms with van der Waals surface area (Å²) in [7, 11) is 0. The molecule has 1 heterocycles. The summed E-state index contributed by atoms with van der Waals surface area (Å²) in [5.74, 6) is -0.178. The number of amides is 1. The van der Waals surface area contributed by atoms with E-state index >= 15 is 0 Å². The molecule has 0 fully saturated rings.